The molecule has 0 bridgehead atoms. The van der Waals surface area contributed by atoms with Crippen molar-refractivity contribution in [2.45, 2.75) is 25.8 Å². The molecule has 0 unspecified atom stereocenters. The lowest BCUT2D eigenvalue weighted by molar-refractivity contribution is -0.149. The highest BCUT2D eigenvalue weighted by Gasteiger charge is 2.34. The van der Waals surface area contributed by atoms with Gasteiger partial charge in [-0.2, -0.15) is 9.61 Å². The molecule has 148 valence electrons. The standard InChI is InChI=1S/C19H21FN4O3S/c1-2-27-18(26)13-7-9-23(10-8-13)15(12-3-5-14(20)6-4-12)16-17(25)24-19(28-16)21-11-22-24/h3-6,11,13,15,25H,2,7-10H2,1H3/t15-/m1/s1. The van der Waals surface area contributed by atoms with Gasteiger partial charge >= 0.3 is 5.97 Å². The number of hydrogen-bond donors (Lipinski definition) is 1. The van der Waals surface area contributed by atoms with Crippen LogP contribution in [-0.2, 0) is 9.53 Å². The third-order valence-corrected chi connectivity index (χ3v) is 6.17. The molecule has 7 nitrogen and oxygen atoms in total. The molecule has 0 saturated carbocycles. The van der Waals surface area contributed by atoms with Crippen LogP contribution < -0.4 is 0 Å². The first-order valence-electron chi connectivity index (χ1n) is 9.26. The van der Waals surface area contributed by atoms with E-state index in [9.17, 15) is 14.3 Å². The average Bonchev–Trinajstić information content (AvgIpc) is 3.28. The minimum atomic E-state index is -0.310. The van der Waals surface area contributed by atoms with Crippen LogP contribution in [0.25, 0.3) is 4.96 Å². The first-order valence-corrected chi connectivity index (χ1v) is 10.1. The Kier molecular flexibility index (Phi) is 5.27. The fourth-order valence-corrected chi connectivity index (χ4v) is 4.79. The topological polar surface area (TPSA) is 80.0 Å². The van der Waals surface area contributed by atoms with Crippen molar-refractivity contribution in [2.75, 3.05) is 19.7 Å². The molecule has 1 atom stereocenters. The summed E-state index contributed by atoms with van der Waals surface area (Å²) in [7, 11) is 0. The molecule has 2 aromatic heterocycles. The summed E-state index contributed by atoms with van der Waals surface area (Å²) in [6.07, 6.45) is 2.75. The van der Waals surface area contributed by atoms with E-state index >= 15 is 0 Å². The van der Waals surface area contributed by atoms with Crippen molar-refractivity contribution in [3.63, 3.8) is 0 Å². The van der Waals surface area contributed by atoms with Gasteiger partial charge in [0.1, 0.15) is 12.1 Å². The Hall–Kier alpha value is -2.52. The Morgan fingerprint density at radius 2 is 2.07 bits per heavy atom. The summed E-state index contributed by atoms with van der Waals surface area (Å²) >= 11 is 1.36. The molecule has 4 rings (SSSR count). The highest BCUT2D eigenvalue weighted by molar-refractivity contribution is 7.17. The number of thiazole rings is 1. The Bertz CT molecular complexity index is 963. The van der Waals surface area contributed by atoms with Crippen LogP contribution in [0.2, 0.25) is 0 Å². The van der Waals surface area contributed by atoms with Gasteiger partial charge in [-0.1, -0.05) is 23.5 Å². The van der Waals surface area contributed by atoms with E-state index in [-0.39, 0.29) is 29.6 Å². The normalized spacial score (nSPS) is 17.1. The molecule has 3 heterocycles. The maximum absolute atomic E-state index is 13.5. The number of hydrogen-bond acceptors (Lipinski definition) is 7. The molecule has 0 amide bonds. The summed E-state index contributed by atoms with van der Waals surface area (Å²) in [5.41, 5.74) is 0.871. The minimum Gasteiger partial charge on any atom is -0.492 e. The van der Waals surface area contributed by atoms with Crippen LogP contribution in [0.3, 0.4) is 0 Å². The van der Waals surface area contributed by atoms with Crippen molar-refractivity contribution in [2.24, 2.45) is 5.92 Å². The third-order valence-electron chi connectivity index (χ3n) is 5.09. The van der Waals surface area contributed by atoms with Crippen molar-refractivity contribution in [3.8, 4) is 5.88 Å². The van der Waals surface area contributed by atoms with E-state index in [0.29, 0.717) is 42.4 Å². The Labute approximate surface area is 165 Å². The summed E-state index contributed by atoms with van der Waals surface area (Å²) in [6, 6.07) is 6.03. The zero-order valence-electron chi connectivity index (χ0n) is 15.4. The van der Waals surface area contributed by atoms with E-state index in [1.165, 1.54) is 34.3 Å². The van der Waals surface area contributed by atoms with Gasteiger partial charge < -0.3 is 9.84 Å². The van der Waals surface area contributed by atoms with E-state index in [1.54, 1.807) is 12.1 Å². The second kappa shape index (κ2) is 7.84. The molecule has 1 aliphatic heterocycles. The first kappa shape index (κ1) is 18.8. The summed E-state index contributed by atoms with van der Waals surface area (Å²) < 4.78 is 20.0. The first-order chi connectivity index (χ1) is 13.6. The van der Waals surface area contributed by atoms with Gasteiger partial charge in [-0.25, -0.2) is 9.37 Å². The van der Waals surface area contributed by atoms with Crippen LogP contribution in [0, 0.1) is 11.7 Å². The Morgan fingerprint density at radius 1 is 1.36 bits per heavy atom. The van der Waals surface area contributed by atoms with Gasteiger partial charge in [0.15, 0.2) is 0 Å². The molecule has 1 aromatic carbocycles. The van der Waals surface area contributed by atoms with E-state index in [0.717, 1.165) is 5.56 Å². The molecule has 9 heteroatoms. The highest BCUT2D eigenvalue weighted by Crippen LogP contribution is 2.41. The predicted octanol–water partition coefficient (Wildman–Crippen LogP) is 3.00. The molecule has 1 aliphatic rings. The maximum Gasteiger partial charge on any atom is 0.309 e. The molecule has 0 spiro atoms. The Balaban J connectivity index is 1.64. The number of aromatic nitrogens is 3. The predicted molar refractivity (Wildman–Crippen MR) is 102 cm³/mol. The molecule has 0 radical (unpaired) electrons. The summed E-state index contributed by atoms with van der Waals surface area (Å²) in [5, 5.41) is 14.8. The fourth-order valence-electron chi connectivity index (χ4n) is 3.70. The van der Waals surface area contributed by atoms with Crippen LogP contribution >= 0.6 is 11.3 Å². The lowest BCUT2D eigenvalue weighted by Gasteiger charge is -2.36. The van der Waals surface area contributed by atoms with Gasteiger partial charge in [-0.15, -0.1) is 0 Å². The van der Waals surface area contributed by atoms with Crippen LogP contribution in [0.1, 0.15) is 36.2 Å². The molecule has 1 fully saturated rings. The Morgan fingerprint density at radius 3 is 2.71 bits per heavy atom. The van der Waals surface area contributed by atoms with Gasteiger partial charge in [-0.05, 0) is 50.6 Å². The number of likely N-dealkylation sites (tertiary alicyclic amines) is 1. The summed E-state index contributed by atoms with van der Waals surface area (Å²) in [5.74, 6) is -0.530. The van der Waals surface area contributed by atoms with Crippen LogP contribution in [0.5, 0.6) is 5.88 Å². The molecular weight excluding hydrogens is 383 g/mol. The van der Waals surface area contributed by atoms with Gasteiger partial charge in [0, 0.05) is 0 Å². The van der Waals surface area contributed by atoms with Crippen molar-refractivity contribution in [3.05, 3.63) is 46.9 Å². The molecular formula is C19H21FN4O3S. The second-order valence-electron chi connectivity index (χ2n) is 6.76. The van der Waals surface area contributed by atoms with Crippen LogP contribution in [0.4, 0.5) is 4.39 Å². The van der Waals surface area contributed by atoms with Crippen molar-refractivity contribution in [1.82, 2.24) is 19.5 Å². The lowest BCUT2D eigenvalue weighted by Crippen LogP contribution is -2.39. The average molecular weight is 404 g/mol. The molecule has 1 saturated heterocycles. The quantitative estimate of drug-likeness (QED) is 0.659. The van der Waals surface area contributed by atoms with Crippen molar-refractivity contribution in [1.29, 1.82) is 0 Å². The monoisotopic (exact) mass is 404 g/mol. The van der Waals surface area contributed by atoms with Gasteiger partial charge in [0.25, 0.3) is 0 Å². The number of nitrogens with zero attached hydrogens (tertiary/aromatic N) is 4. The van der Waals surface area contributed by atoms with Crippen molar-refractivity contribution >= 4 is 22.3 Å². The lowest BCUT2D eigenvalue weighted by atomic mass is 9.93. The number of ether oxygens (including phenoxy) is 1. The number of aromatic hydroxyl groups is 1. The fraction of sp³-hybridized carbons (Fsp3) is 0.421. The van der Waals surface area contributed by atoms with E-state index in [2.05, 4.69) is 15.0 Å². The number of piperidine rings is 1. The van der Waals surface area contributed by atoms with Gasteiger partial charge in [0.2, 0.25) is 10.8 Å². The molecule has 28 heavy (non-hydrogen) atoms. The highest BCUT2D eigenvalue weighted by atomic mass is 32.1. The van der Waals surface area contributed by atoms with E-state index in [4.69, 9.17) is 4.74 Å². The van der Waals surface area contributed by atoms with Crippen LogP contribution in [-0.4, -0.2) is 50.3 Å². The summed E-state index contributed by atoms with van der Waals surface area (Å²) in [6.45, 7) is 3.52. The molecule has 1 N–H and O–H groups in total. The zero-order valence-corrected chi connectivity index (χ0v) is 16.2. The number of esters is 1. The SMILES string of the molecule is CCOC(=O)C1CCN([C@H](c2ccc(F)cc2)c2sc3ncnn3c2O)CC1. The number of carbonyl (C=O) groups is 1. The number of halogens is 1. The molecule has 0 aliphatic carbocycles. The summed E-state index contributed by atoms with van der Waals surface area (Å²) in [4.78, 5) is 19.7. The maximum atomic E-state index is 13.5. The number of rotatable bonds is 5. The second-order valence-corrected chi connectivity index (χ2v) is 7.77. The number of fused-ring (bicyclic) bond motifs is 1. The zero-order chi connectivity index (χ0) is 19.7. The van der Waals surface area contributed by atoms with Gasteiger partial charge in [0.05, 0.1) is 23.4 Å². The van der Waals surface area contributed by atoms with Gasteiger partial charge in [-0.3, -0.25) is 9.69 Å². The van der Waals surface area contributed by atoms with E-state index in [1.807, 2.05) is 6.92 Å². The minimum absolute atomic E-state index is 0.0411. The molecule has 3 aromatic rings. The van der Waals surface area contributed by atoms with E-state index < -0.39 is 0 Å². The number of benzene rings is 1. The smallest absolute Gasteiger partial charge is 0.309 e. The van der Waals surface area contributed by atoms with Crippen LogP contribution in [0.15, 0.2) is 30.6 Å². The third kappa shape index (κ3) is 3.47. The largest absolute Gasteiger partial charge is 0.492 e. The number of carbonyl (C=O) groups excluding carboxylic acids is 1. The van der Waals surface area contributed by atoms with Crippen molar-refractivity contribution < 1.29 is 19.0 Å².